The molecule has 0 aromatic heterocycles. The third-order valence-electron chi connectivity index (χ3n) is 8.22. The topological polar surface area (TPSA) is 134 Å². The molecule has 0 aromatic rings. The Balaban J connectivity index is 4.35. The molecule has 0 aromatic carbocycles. The Hall–Kier alpha value is -3.07. The van der Waals surface area contributed by atoms with Crippen LogP contribution in [0.25, 0.3) is 0 Å². The summed E-state index contributed by atoms with van der Waals surface area (Å²) >= 11 is 0. The summed E-state index contributed by atoms with van der Waals surface area (Å²) in [5, 5.41) is 0. The molecule has 0 fully saturated rings. The number of esters is 2. The van der Waals surface area contributed by atoms with Crippen LogP contribution in [0.4, 0.5) is 0 Å². The second-order valence-corrected chi connectivity index (χ2v) is 14.9. The van der Waals surface area contributed by atoms with Gasteiger partial charge in [-0.15, -0.1) is 0 Å². The van der Waals surface area contributed by atoms with Crippen molar-refractivity contribution in [2.24, 2.45) is 5.73 Å². The van der Waals surface area contributed by atoms with Gasteiger partial charge in [0.1, 0.15) is 6.61 Å². The molecule has 0 heterocycles. The highest BCUT2D eigenvalue weighted by Crippen LogP contribution is 2.43. The normalized spacial score (nSPS) is 14.3. The lowest BCUT2D eigenvalue weighted by Gasteiger charge is -2.19. The molecule has 2 unspecified atom stereocenters. The van der Waals surface area contributed by atoms with Crippen LogP contribution < -0.4 is 5.73 Å². The molecule has 0 aliphatic heterocycles. The molecule has 0 radical (unpaired) electrons. The van der Waals surface area contributed by atoms with E-state index in [1.165, 1.54) is 32.1 Å². The molecule has 0 aliphatic carbocycles. The average Bonchev–Trinajstić information content (AvgIpc) is 3.18. The highest BCUT2D eigenvalue weighted by Gasteiger charge is 2.25. The number of hydrogen-bond donors (Lipinski definition) is 2. The number of phosphoric ester groups is 1. The Morgan fingerprint density at radius 1 is 0.554 bits per heavy atom. The largest absolute Gasteiger partial charge is 0.472 e. The van der Waals surface area contributed by atoms with Crippen LogP contribution in [0.15, 0.2) is 97.2 Å². The van der Waals surface area contributed by atoms with E-state index in [0.29, 0.717) is 12.8 Å². The number of carbonyl (C=O) groups excluding carboxylic acids is 2. The summed E-state index contributed by atoms with van der Waals surface area (Å²) < 4.78 is 32.6. The van der Waals surface area contributed by atoms with Gasteiger partial charge in [-0.25, -0.2) is 4.57 Å². The Bertz CT molecular complexity index is 1230. The van der Waals surface area contributed by atoms with E-state index in [2.05, 4.69) is 98.9 Å². The van der Waals surface area contributed by atoms with Gasteiger partial charge < -0.3 is 20.1 Å². The first-order chi connectivity index (χ1) is 27.3. The smallest absolute Gasteiger partial charge is 0.462 e. The van der Waals surface area contributed by atoms with Crippen LogP contribution >= 0.6 is 7.82 Å². The Morgan fingerprint density at radius 2 is 1.02 bits per heavy atom. The van der Waals surface area contributed by atoms with Gasteiger partial charge in [-0.3, -0.25) is 18.6 Å². The van der Waals surface area contributed by atoms with Gasteiger partial charge in [0.25, 0.3) is 0 Å². The summed E-state index contributed by atoms with van der Waals surface area (Å²) in [6.07, 6.45) is 53.1. The number of rotatable bonds is 38. The van der Waals surface area contributed by atoms with Gasteiger partial charge in [0, 0.05) is 19.4 Å². The fourth-order valence-electron chi connectivity index (χ4n) is 5.10. The monoisotopic (exact) mass is 802 g/mol. The number of ether oxygens (including phenoxy) is 2. The summed E-state index contributed by atoms with van der Waals surface area (Å²) in [4.78, 5) is 34.8. The molecule has 0 bridgehead atoms. The second kappa shape index (κ2) is 41.6. The fraction of sp³-hybridized carbons (Fsp3) is 0.609. The highest BCUT2D eigenvalue weighted by atomic mass is 31.2. The van der Waals surface area contributed by atoms with E-state index >= 15 is 0 Å². The molecule has 0 saturated carbocycles. The van der Waals surface area contributed by atoms with Gasteiger partial charge in [-0.05, 0) is 83.5 Å². The summed E-state index contributed by atoms with van der Waals surface area (Å²) in [6.45, 7) is 3.47. The van der Waals surface area contributed by atoms with Crippen molar-refractivity contribution in [3.05, 3.63) is 97.2 Å². The van der Waals surface area contributed by atoms with Crippen molar-refractivity contribution in [1.29, 1.82) is 0 Å². The molecule has 2 atom stereocenters. The van der Waals surface area contributed by atoms with Crippen LogP contribution in [0.2, 0.25) is 0 Å². The number of phosphoric acid groups is 1. The molecular weight excluding hydrogens is 725 g/mol. The maximum Gasteiger partial charge on any atom is 0.472 e. The first-order valence-corrected chi connectivity index (χ1v) is 22.7. The van der Waals surface area contributed by atoms with E-state index in [4.69, 9.17) is 24.3 Å². The van der Waals surface area contributed by atoms with Gasteiger partial charge in [-0.1, -0.05) is 150 Å². The van der Waals surface area contributed by atoms with Crippen molar-refractivity contribution in [2.45, 2.75) is 155 Å². The highest BCUT2D eigenvalue weighted by molar-refractivity contribution is 7.47. The van der Waals surface area contributed by atoms with E-state index in [0.717, 1.165) is 77.0 Å². The lowest BCUT2D eigenvalue weighted by molar-refractivity contribution is -0.161. The molecule has 0 spiro atoms. The zero-order valence-corrected chi connectivity index (χ0v) is 35.7. The van der Waals surface area contributed by atoms with Crippen molar-refractivity contribution in [2.75, 3.05) is 26.4 Å². The van der Waals surface area contributed by atoms with Crippen LogP contribution in [0.1, 0.15) is 149 Å². The average molecular weight is 802 g/mol. The molecule has 0 saturated heterocycles. The molecule has 0 aliphatic rings. The lowest BCUT2D eigenvalue weighted by Crippen LogP contribution is -2.29. The number of hydrogen-bond acceptors (Lipinski definition) is 8. The zero-order valence-electron chi connectivity index (χ0n) is 34.8. The van der Waals surface area contributed by atoms with Crippen LogP contribution in [0.5, 0.6) is 0 Å². The van der Waals surface area contributed by atoms with Crippen molar-refractivity contribution in [1.82, 2.24) is 0 Å². The van der Waals surface area contributed by atoms with Crippen LogP contribution in [-0.2, 0) is 32.7 Å². The van der Waals surface area contributed by atoms with Crippen molar-refractivity contribution in [3.63, 3.8) is 0 Å². The minimum absolute atomic E-state index is 0.0345. The van der Waals surface area contributed by atoms with Crippen LogP contribution in [-0.4, -0.2) is 49.3 Å². The predicted octanol–water partition coefficient (Wildman–Crippen LogP) is 12.2. The lowest BCUT2D eigenvalue weighted by atomic mass is 10.1. The molecule has 56 heavy (non-hydrogen) atoms. The second-order valence-electron chi connectivity index (χ2n) is 13.5. The van der Waals surface area contributed by atoms with E-state index in [9.17, 15) is 19.0 Å². The van der Waals surface area contributed by atoms with E-state index < -0.39 is 32.5 Å². The van der Waals surface area contributed by atoms with Gasteiger partial charge >= 0.3 is 19.8 Å². The predicted molar refractivity (Wildman–Crippen MR) is 233 cm³/mol. The summed E-state index contributed by atoms with van der Waals surface area (Å²) in [7, 11) is -4.41. The summed E-state index contributed by atoms with van der Waals surface area (Å²) in [5.74, 6) is -0.953. The molecule has 3 N–H and O–H groups in total. The number of unbranched alkanes of at least 4 members (excludes halogenated alkanes) is 9. The number of nitrogens with two attached hydrogens (primary N) is 1. The van der Waals surface area contributed by atoms with E-state index in [-0.39, 0.29) is 32.6 Å². The molecule has 0 amide bonds. The van der Waals surface area contributed by atoms with Crippen LogP contribution in [0, 0.1) is 0 Å². The molecule has 9 nitrogen and oxygen atoms in total. The van der Waals surface area contributed by atoms with Gasteiger partial charge in [0.2, 0.25) is 0 Å². The van der Waals surface area contributed by atoms with E-state index in [1.807, 2.05) is 12.2 Å². The SMILES string of the molecule is CC/C=C\C/C=C\C/C=C\C/C=C\C/C=C\C/C=C\CCC(=O)OC(COC(=O)CCCCCCC/C=C\C/C=C\CCCCCC)COP(=O)(O)OCCN. The third-order valence-corrected chi connectivity index (χ3v) is 9.20. The van der Waals surface area contributed by atoms with Crippen molar-refractivity contribution >= 4 is 19.8 Å². The number of allylic oxidation sites excluding steroid dienone is 16. The Labute approximate surface area is 340 Å². The Kier molecular flexibility index (Phi) is 39.3. The summed E-state index contributed by atoms with van der Waals surface area (Å²) in [5.41, 5.74) is 5.34. The first-order valence-electron chi connectivity index (χ1n) is 21.2. The molecule has 10 heteroatoms. The maximum atomic E-state index is 12.5. The van der Waals surface area contributed by atoms with Crippen molar-refractivity contribution in [3.8, 4) is 0 Å². The van der Waals surface area contributed by atoms with Gasteiger partial charge in [0.15, 0.2) is 6.10 Å². The maximum absolute atomic E-state index is 12.5. The van der Waals surface area contributed by atoms with E-state index in [1.54, 1.807) is 0 Å². The standard InChI is InChI=1S/C46H76NO8P/c1-3-5-7-9-11-13-15-17-19-21-22-23-25-27-29-31-33-35-37-39-46(49)55-44(43-54-56(50,51)53-41-40-47)42-52-45(48)38-36-34-32-30-28-26-24-20-18-16-14-12-10-8-6-4-2/h5,7,11,13-14,16-17,19-20,22-24,27,29,33,35,44H,3-4,6,8-10,12,15,18,21,25-26,28,30-32,34,36-43,47H2,1-2H3,(H,50,51)/b7-5-,13-11-,16-14-,19-17-,23-22-,24-20-,29-27-,35-33-. The first kappa shape index (κ1) is 52.9. The van der Waals surface area contributed by atoms with Crippen molar-refractivity contribution < 1.29 is 37.6 Å². The minimum atomic E-state index is -4.41. The Morgan fingerprint density at radius 3 is 1.54 bits per heavy atom. The minimum Gasteiger partial charge on any atom is -0.462 e. The van der Waals surface area contributed by atoms with Crippen LogP contribution in [0.3, 0.4) is 0 Å². The fourth-order valence-corrected chi connectivity index (χ4v) is 5.87. The zero-order chi connectivity index (χ0) is 41.1. The van der Waals surface area contributed by atoms with Gasteiger partial charge in [-0.2, -0.15) is 0 Å². The third kappa shape index (κ3) is 40.6. The quantitative estimate of drug-likeness (QED) is 0.0271. The van der Waals surface area contributed by atoms with Gasteiger partial charge in [0.05, 0.1) is 13.2 Å². The number of carbonyl (C=O) groups is 2. The summed E-state index contributed by atoms with van der Waals surface area (Å²) in [6, 6.07) is 0. The molecule has 318 valence electrons. The molecular formula is C46H76NO8P. The molecule has 0 rings (SSSR count).